The van der Waals surface area contributed by atoms with Gasteiger partial charge in [0.2, 0.25) is 10.0 Å². The van der Waals surface area contributed by atoms with Gasteiger partial charge in [-0.15, -0.1) is 0 Å². The Labute approximate surface area is 252 Å². The first-order valence-electron chi connectivity index (χ1n) is 14.3. The number of carbonyl (C=O) groups excluding carboxylic acids is 1. The number of amides is 1. The average molecular weight is 610 g/mol. The topological polar surface area (TPSA) is 133 Å². The lowest BCUT2D eigenvalue weighted by atomic mass is 10.1. The summed E-state index contributed by atoms with van der Waals surface area (Å²) < 4.78 is 35.6. The summed E-state index contributed by atoms with van der Waals surface area (Å²) in [6.45, 7) is 1.71. The lowest BCUT2D eigenvalue weighted by Crippen LogP contribution is -2.56. The van der Waals surface area contributed by atoms with Crippen LogP contribution < -0.4 is 20.1 Å². The number of aliphatic hydroxyl groups excluding tert-OH is 1. The zero-order valence-corrected chi connectivity index (χ0v) is 25.5. The highest BCUT2D eigenvalue weighted by molar-refractivity contribution is 7.88. The second kappa shape index (κ2) is 13.3. The van der Waals surface area contributed by atoms with Gasteiger partial charge in [-0.3, -0.25) is 9.69 Å². The normalized spacial score (nSPS) is 16.4. The molecule has 3 aromatic rings. The Bertz CT molecular complexity index is 1520. The van der Waals surface area contributed by atoms with Crippen LogP contribution in [0.1, 0.15) is 27.0 Å². The van der Waals surface area contributed by atoms with E-state index < -0.39 is 16.1 Å². The Morgan fingerprint density at radius 2 is 1.81 bits per heavy atom. The SMILES string of the molecule is COc1ccc(CN(CC(O)CNC(=O)c2ccnc(NC3CN(S(C)(=O)=O)C3)c2)C2Cc3ccccc3C2)c(OC)c1. The number of carbonyl (C=O) groups is 1. The monoisotopic (exact) mass is 609 g/mol. The summed E-state index contributed by atoms with van der Waals surface area (Å²) in [6, 6.07) is 17.5. The predicted molar refractivity (Wildman–Crippen MR) is 164 cm³/mol. The van der Waals surface area contributed by atoms with E-state index in [4.69, 9.17) is 9.47 Å². The first-order valence-corrected chi connectivity index (χ1v) is 16.1. The van der Waals surface area contributed by atoms with Crippen LogP contribution in [0.25, 0.3) is 0 Å². The molecule has 2 aromatic carbocycles. The number of benzene rings is 2. The van der Waals surface area contributed by atoms with Gasteiger partial charge in [0, 0.05) is 62.2 Å². The molecule has 1 unspecified atom stereocenters. The van der Waals surface area contributed by atoms with E-state index in [1.807, 2.05) is 18.2 Å². The molecule has 43 heavy (non-hydrogen) atoms. The Morgan fingerprint density at radius 1 is 1.09 bits per heavy atom. The van der Waals surface area contributed by atoms with Crippen molar-refractivity contribution in [3.05, 3.63) is 83.0 Å². The summed E-state index contributed by atoms with van der Waals surface area (Å²) in [5.41, 5.74) is 4.01. The number of sulfonamides is 1. The fourth-order valence-corrected chi connectivity index (χ4v) is 6.55. The number of methoxy groups -OCH3 is 2. The minimum Gasteiger partial charge on any atom is -0.497 e. The van der Waals surface area contributed by atoms with Crippen molar-refractivity contribution in [2.75, 3.05) is 52.0 Å². The highest BCUT2D eigenvalue weighted by Gasteiger charge is 2.33. The molecule has 11 nitrogen and oxygen atoms in total. The van der Waals surface area contributed by atoms with E-state index in [0.29, 0.717) is 43.3 Å². The van der Waals surface area contributed by atoms with Gasteiger partial charge >= 0.3 is 0 Å². The molecule has 0 bridgehead atoms. The summed E-state index contributed by atoms with van der Waals surface area (Å²) in [5, 5.41) is 17.1. The van der Waals surface area contributed by atoms with Gasteiger partial charge in [0.1, 0.15) is 17.3 Å². The van der Waals surface area contributed by atoms with Gasteiger partial charge in [-0.05, 0) is 42.2 Å². The predicted octanol–water partition coefficient (Wildman–Crippen LogP) is 1.91. The quantitative estimate of drug-likeness (QED) is 0.266. The number of fused-ring (bicyclic) bond motifs is 1. The second-order valence-corrected chi connectivity index (χ2v) is 13.1. The second-order valence-electron chi connectivity index (χ2n) is 11.2. The average Bonchev–Trinajstić information content (AvgIpc) is 3.41. The Balaban J connectivity index is 1.21. The van der Waals surface area contributed by atoms with Crippen LogP contribution in [0.15, 0.2) is 60.8 Å². The standard InChI is InChI=1S/C31H39N5O6S/c1-41-28-9-8-24(29(15-28)42-2)17-35(26-12-21-6-4-5-7-22(21)13-26)20-27(37)16-33-31(38)23-10-11-32-30(14-23)34-25-18-36(19-25)43(3,39)40/h4-11,14-15,25-27,37H,12-13,16-20H2,1-3H3,(H,32,34)(H,33,38). The number of hydrogen-bond donors (Lipinski definition) is 3. The number of hydrogen-bond acceptors (Lipinski definition) is 9. The van der Waals surface area contributed by atoms with E-state index >= 15 is 0 Å². The number of aliphatic hydroxyl groups is 1. The van der Waals surface area contributed by atoms with Gasteiger partial charge in [-0.2, -0.15) is 4.31 Å². The number of ether oxygens (including phenoxy) is 2. The zero-order chi connectivity index (χ0) is 30.6. The van der Waals surface area contributed by atoms with E-state index in [2.05, 4.69) is 44.8 Å². The largest absolute Gasteiger partial charge is 0.497 e. The minimum atomic E-state index is -3.21. The molecule has 0 radical (unpaired) electrons. The molecule has 2 heterocycles. The van der Waals surface area contributed by atoms with Crippen molar-refractivity contribution in [3.8, 4) is 11.5 Å². The van der Waals surface area contributed by atoms with Gasteiger partial charge in [-0.25, -0.2) is 13.4 Å². The van der Waals surface area contributed by atoms with Gasteiger partial charge < -0.3 is 25.2 Å². The zero-order valence-electron chi connectivity index (χ0n) is 24.7. The molecule has 1 aliphatic heterocycles. The third-order valence-corrected chi connectivity index (χ3v) is 9.28. The maximum Gasteiger partial charge on any atom is 0.251 e. The van der Waals surface area contributed by atoms with Crippen LogP contribution in [-0.2, 0) is 29.4 Å². The van der Waals surface area contributed by atoms with Crippen LogP contribution in [0.5, 0.6) is 11.5 Å². The number of rotatable bonds is 13. The van der Waals surface area contributed by atoms with Gasteiger partial charge in [0.25, 0.3) is 5.91 Å². The molecule has 0 spiro atoms. The molecule has 2 aliphatic rings. The van der Waals surface area contributed by atoms with Gasteiger partial charge in [0.05, 0.1) is 32.6 Å². The number of aromatic nitrogens is 1. The number of anilines is 1. The molecule has 1 saturated heterocycles. The molecule has 1 amide bonds. The van der Waals surface area contributed by atoms with Gasteiger partial charge in [0.15, 0.2) is 0 Å². The molecule has 0 saturated carbocycles. The molecule has 1 aliphatic carbocycles. The Kier molecular flexibility index (Phi) is 9.50. The molecule has 12 heteroatoms. The third-order valence-electron chi connectivity index (χ3n) is 8.05. The van der Waals surface area contributed by atoms with Crippen molar-refractivity contribution in [3.63, 3.8) is 0 Å². The third kappa shape index (κ3) is 7.63. The molecular formula is C31H39N5O6S. The van der Waals surface area contributed by atoms with Gasteiger partial charge in [-0.1, -0.05) is 30.3 Å². The smallest absolute Gasteiger partial charge is 0.251 e. The maximum absolute atomic E-state index is 13.0. The highest BCUT2D eigenvalue weighted by atomic mass is 32.2. The molecule has 1 fully saturated rings. The lowest BCUT2D eigenvalue weighted by Gasteiger charge is -2.37. The lowest BCUT2D eigenvalue weighted by molar-refractivity contribution is 0.0747. The molecule has 1 atom stereocenters. The number of nitrogens with one attached hydrogen (secondary N) is 2. The summed E-state index contributed by atoms with van der Waals surface area (Å²) in [4.78, 5) is 19.5. The number of nitrogens with zero attached hydrogens (tertiary/aromatic N) is 3. The van der Waals surface area contributed by atoms with Crippen LogP contribution in [0.3, 0.4) is 0 Å². The molecule has 5 rings (SSSR count). The molecular weight excluding hydrogens is 570 g/mol. The summed E-state index contributed by atoms with van der Waals surface area (Å²) >= 11 is 0. The van der Waals surface area contributed by atoms with E-state index in [1.54, 1.807) is 26.4 Å². The Morgan fingerprint density at radius 3 is 2.47 bits per heavy atom. The number of pyridine rings is 1. The minimum absolute atomic E-state index is 0.0700. The summed E-state index contributed by atoms with van der Waals surface area (Å²) in [7, 11) is 0.0414. The highest BCUT2D eigenvalue weighted by Crippen LogP contribution is 2.30. The fraction of sp³-hybridized carbons (Fsp3) is 0.419. The van der Waals surface area contributed by atoms with Crippen molar-refractivity contribution >= 4 is 21.7 Å². The van der Waals surface area contributed by atoms with Crippen molar-refractivity contribution < 1.29 is 27.8 Å². The first kappa shape index (κ1) is 30.7. The van der Waals surface area contributed by atoms with Crippen LogP contribution in [-0.4, -0.2) is 98.5 Å². The van der Waals surface area contributed by atoms with Crippen molar-refractivity contribution in [1.29, 1.82) is 0 Å². The van der Waals surface area contributed by atoms with Crippen LogP contribution >= 0.6 is 0 Å². The molecule has 230 valence electrons. The van der Waals surface area contributed by atoms with E-state index in [1.165, 1.54) is 27.9 Å². The van der Waals surface area contributed by atoms with E-state index in [0.717, 1.165) is 24.2 Å². The van der Waals surface area contributed by atoms with Crippen molar-refractivity contribution in [2.45, 2.75) is 37.6 Å². The van der Waals surface area contributed by atoms with Crippen LogP contribution in [0.2, 0.25) is 0 Å². The van der Waals surface area contributed by atoms with Crippen LogP contribution in [0.4, 0.5) is 5.82 Å². The van der Waals surface area contributed by atoms with Crippen LogP contribution in [0, 0.1) is 0 Å². The van der Waals surface area contributed by atoms with Crippen molar-refractivity contribution in [1.82, 2.24) is 19.5 Å². The fourth-order valence-electron chi connectivity index (χ4n) is 5.65. The Hall–Kier alpha value is -3.71. The van der Waals surface area contributed by atoms with Crippen molar-refractivity contribution in [2.24, 2.45) is 0 Å². The molecule has 3 N–H and O–H groups in total. The molecule has 1 aromatic heterocycles. The van der Waals surface area contributed by atoms with E-state index in [9.17, 15) is 18.3 Å². The summed E-state index contributed by atoms with van der Waals surface area (Å²) in [6.07, 6.45) is 3.66. The maximum atomic E-state index is 13.0. The summed E-state index contributed by atoms with van der Waals surface area (Å²) in [5.74, 6) is 1.59. The first-order chi connectivity index (χ1) is 20.6. The van der Waals surface area contributed by atoms with E-state index in [-0.39, 0.29) is 24.5 Å².